The van der Waals surface area contributed by atoms with Crippen molar-refractivity contribution in [3.8, 4) is 0 Å². The van der Waals surface area contributed by atoms with Crippen molar-refractivity contribution in [3.63, 3.8) is 0 Å². The number of carbonyl (C=O) groups excluding carboxylic acids is 1. The summed E-state index contributed by atoms with van der Waals surface area (Å²) in [5, 5.41) is 3.34. The maximum absolute atomic E-state index is 12.1. The lowest BCUT2D eigenvalue weighted by Crippen LogP contribution is -2.39. The van der Waals surface area contributed by atoms with E-state index in [-0.39, 0.29) is 5.91 Å². The molecule has 0 atom stereocenters. The van der Waals surface area contributed by atoms with Gasteiger partial charge in [0.2, 0.25) is 5.91 Å². The van der Waals surface area contributed by atoms with Crippen LogP contribution in [0.1, 0.15) is 5.82 Å². The number of hydrogen-bond acceptors (Lipinski definition) is 4. The molecule has 1 aliphatic rings. The van der Waals surface area contributed by atoms with Gasteiger partial charge in [0.15, 0.2) is 0 Å². The second-order valence-corrected chi connectivity index (χ2v) is 5.46. The first-order valence-electron chi connectivity index (χ1n) is 6.69. The third kappa shape index (κ3) is 3.17. The van der Waals surface area contributed by atoms with Gasteiger partial charge in [-0.2, -0.15) is 0 Å². The van der Waals surface area contributed by atoms with Gasteiger partial charge in [0.05, 0.1) is 24.5 Å². The van der Waals surface area contributed by atoms with E-state index in [1.54, 1.807) is 24.4 Å². The number of benzene rings is 1. The van der Waals surface area contributed by atoms with Gasteiger partial charge < -0.3 is 15.6 Å². The number of nitrogens with one attached hydrogen (secondary N) is 1. The number of rotatable bonds is 3. The van der Waals surface area contributed by atoms with Crippen LogP contribution in [0.15, 0.2) is 30.6 Å². The van der Waals surface area contributed by atoms with Crippen LogP contribution < -0.4 is 11.1 Å². The lowest BCUT2D eigenvalue weighted by atomic mass is 10.2. The molecule has 0 aliphatic carbocycles. The third-order valence-corrected chi connectivity index (χ3v) is 3.72. The highest BCUT2D eigenvalue weighted by Crippen LogP contribution is 2.23. The number of nitrogens with two attached hydrogens (primary N) is 1. The van der Waals surface area contributed by atoms with Gasteiger partial charge in [-0.15, -0.1) is 0 Å². The van der Waals surface area contributed by atoms with E-state index in [2.05, 4.69) is 19.8 Å². The molecule has 7 heteroatoms. The number of anilines is 2. The summed E-state index contributed by atoms with van der Waals surface area (Å²) in [6.45, 7) is 2.65. The minimum Gasteiger partial charge on any atom is -0.397 e. The molecule has 0 radical (unpaired) electrons. The lowest BCUT2D eigenvalue weighted by Gasteiger charge is -2.26. The molecule has 1 aliphatic heterocycles. The molecule has 3 rings (SSSR count). The van der Waals surface area contributed by atoms with Crippen LogP contribution in [0.2, 0.25) is 5.02 Å². The largest absolute Gasteiger partial charge is 0.397 e. The summed E-state index contributed by atoms with van der Waals surface area (Å²) in [6.07, 6.45) is 3.74. The van der Waals surface area contributed by atoms with E-state index in [1.807, 2.05) is 6.20 Å². The Morgan fingerprint density at radius 2 is 2.29 bits per heavy atom. The monoisotopic (exact) mass is 305 g/mol. The van der Waals surface area contributed by atoms with Crippen molar-refractivity contribution in [2.75, 3.05) is 24.1 Å². The van der Waals surface area contributed by atoms with Crippen LogP contribution in [0, 0.1) is 0 Å². The van der Waals surface area contributed by atoms with E-state index in [0.717, 1.165) is 18.9 Å². The first-order valence-corrected chi connectivity index (χ1v) is 7.07. The van der Waals surface area contributed by atoms with Crippen LogP contribution in [-0.4, -0.2) is 33.4 Å². The van der Waals surface area contributed by atoms with Gasteiger partial charge in [-0.05, 0) is 18.2 Å². The Hall–Kier alpha value is -2.05. The molecule has 2 heterocycles. The summed E-state index contributed by atoms with van der Waals surface area (Å²) in [7, 11) is 0. The highest BCUT2D eigenvalue weighted by Gasteiger charge is 2.19. The van der Waals surface area contributed by atoms with Crippen molar-refractivity contribution in [1.82, 2.24) is 14.5 Å². The molecule has 3 N–H and O–H groups in total. The van der Waals surface area contributed by atoms with Gasteiger partial charge in [-0.1, -0.05) is 11.6 Å². The molecular weight excluding hydrogens is 290 g/mol. The summed E-state index contributed by atoms with van der Waals surface area (Å²) in [6, 6.07) is 5.02. The van der Waals surface area contributed by atoms with Crippen molar-refractivity contribution in [2.24, 2.45) is 0 Å². The van der Waals surface area contributed by atoms with E-state index < -0.39 is 0 Å². The van der Waals surface area contributed by atoms with Crippen LogP contribution in [0.25, 0.3) is 0 Å². The zero-order chi connectivity index (χ0) is 14.8. The van der Waals surface area contributed by atoms with Crippen LogP contribution in [-0.2, 0) is 17.9 Å². The van der Waals surface area contributed by atoms with Crippen LogP contribution in [0.3, 0.4) is 0 Å². The highest BCUT2D eigenvalue weighted by atomic mass is 35.5. The molecule has 21 heavy (non-hydrogen) atoms. The smallest absolute Gasteiger partial charge is 0.238 e. The van der Waals surface area contributed by atoms with Crippen molar-refractivity contribution in [1.29, 1.82) is 0 Å². The van der Waals surface area contributed by atoms with Crippen LogP contribution in [0.5, 0.6) is 0 Å². The summed E-state index contributed by atoms with van der Waals surface area (Å²) >= 11 is 5.91. The summed E-state index contributed by atoms with van der Waals surface area (Å²) in [5.41, 5.74) is 6.87. The van der Waals surface area contributed by atoms with Crippen molar-refractivity contribution < 1.29 is 4.79 Å². The second-order valence-electron chi connectivity index (χ2n) is 5.03. The SMILES string of the molecule is Nc1ccc(Cl)cc1NC(=O)CN1CCn2ccnc2C1. The van der Waals surface area contributed by atoms with E-state index in [0.29, 0.717) is 29.5 Å². The average Bonchev–Trinajstić information content (AvgIpc) is 2.90. The Balaban J connectivity index is 1.61. The number of halogens is 1. The number of aromatic nitrogens is 2. The number of imidazole rings is 1. The fraction of sp³-hybridized carbons (Fsp3) is 0.286. The standard InChI is InChI=1S/C14H16ClN5O/c15-10-1-2-11(16)12(7-10)18-14(21)9-19-5-6-20-4-3-17-13(20)8-19/h1-4,7H,5-6,8-9,16H2,(H,18,21). The molecule has 1 aromatic heterocycles. The zero-order valence-electron chi connectivity index (χ0n) is 11.4. The molecule has 0 saturated carbocycles. The normalized spacial score (nSPS) is 14.7. The Bertz CT molecular complexity index is 669. The number of nitrogen functional groups attached to an aromatic ring is 1. The minimum absolute atomic E-state index is 0.107. The predicted molar refractivity (Wildman–Crippen MR) is 82.0 cm³/mol. The third-order valence-electron chi connectivity index (χ3n) is 3.48. The van der Waals surface area contributed by atoms with Crippen molar-refractivity contribution in [2.45, 2.75) is 13.1 Å². The van der Waals surface area contributed by atoms with Gasteiger partial charge >= 0.3 is 0 Å². The van der Waals surface area contributed by atoms with E-state index in [4.69, 9.17) is 17.3 Å². The Morgan fingerprint density at radius 1 is 1.43 bits per heavy atom. The number of hydrogen-bond donors (Lipinski definition) is 2. The first kappa shape index (κ1) is 13.9. The molecular formula is C14H16ClN5O. The molecule has 0 unspecified atom stereocenters. The van der Waals surface area contributed by atoms with Gasteiger partial charge in [0, 0.05) is 30.5 Å². The first-order chi connectivity index (χ1) is 10.1. The second kappa shape index (κ2) is 5.75. The van der Waals surface area contributed by atoms with Gasteiger partial charge in [-0.3, -0.25) is 9.69 Å². The summed E-state index contributed by atoms with van der Waals surface area (Å²) in [4.78, 5) is 18.4. The van der Waals surface area contributed by atoms with Crippen molar-refractivity contribution in [3.05, 3.63) is 41.4 Å². The van der Waals surface area contributed by atoms with Gasteiger partial charge in [-0.25, -0.2) is 4.98 Å². The quantitative estimate of drug-likeness (QED) is 0.844. The molecule has 0 bridgehead atoms. The number of amides is 1. The van der Waals surface area contributed by atoms with Crippen LogP contribution >= 0.6 is 11.6 Å². The molecule has 1 amide bonds. The fourth-order valence-electron chi connectivity index (χ4n) is 2.39. The maximum atomic E-state index is 12.1. The number of carbonyl (C=O) groups is 1. The van der Waals surface area contributed by atoms with Gasteiger partial charge in [0.25, 0.3) is 0 Å². The molecule has 0 spiro atoms. The summed E-state index contributed by atoms with van der Waals surface area (Å²) in [5.74, 6) is 0.875. The molecule has 110 valence electrons. The topological polar surface area (TPSA) is 76.2 Å². The Labute approximate surface area is 127 Å². The molecule has 0 saturated heterocycles. The van der Waals surface area contributed by atoms with Crippen LogP contribution in [0.4, 0.5) is 11.4 Å². The molecule has 2 aromatic rings. The Morgan fingerprint density at radius 3 is 3.14 bits per heavy atom. The fourth-order valence-corrected chi connectivity index (χ4v) is 2.56. The van der Waals surface area contributed by atoms with E-state index in [9.17, 15) is 4.79 Å². The average molecular weight is 306 g/mol. The number of nitrogens with zero attached hydrogens (tertiary/aromatic N) is 3. The highest BCUT2D eigenvalue weighted by molar-refractivity contribution is 6.31. The predicted octanol–water partition coefficient (Wildman–Crippen LogP) is 1.57. The molecule has 0 fully saturated rings. The molecule has 1 aromatic carbocycles. The minimum atomic E-state index is -0.107. The Kier molecular flexibility index (Phi) is 3.81. The van der Waals surface area contributed by atoms with E-state index in [1.165, 1.54) is 0 Å². The van der Waals surface area contributed by atoms with Gasteiger partial charge in [0.1, 0.15) is 5.82 Å². The summed E-state index contributed by atoms with van der Waals surface area (Å²) < 4.78 is 2.10. The maximum Gasteiger partial charge on any atom is 0.238 e. The lowest BCUT2D eigenvalue weighted by molar-refractivity contribution is -0.117. The molecule has 6 nitrogen and oxygen atoms in total. The van der Waals surface area contributed by atoms with E-state index >= 15 is 0 Å². The zero-order valence-corrected chi connectivity index (χ0v) is 12.2. The number of fused-ring (bicyclic) bond motifs is 1. The van der Waals surface area contributed by atoms with Crippen molar-refractivity contribution >= 4 is 28.9 Å².